The Bertz CT molecular complexity index is 124. The van der Waals surface area contributed by atoms with Crippen LogP contribution in [0.2, 0.25) is 0 Å². The van der Waals surface area contributed by atoms with Crippen LogP contribution >= 0.6 is 0 Å². The first-order valence-corrected chi connectivity index (χ1v) is 4.15. The summed E-state index contributed by atoms with van der Waals surface area (Å²) < 4.78 is 4.56. The molecular formula is C8H16O4. The van der Waals surface area contributed by atoms with Gasteiger partial charge in [-0.25, -0.2) is 0 Å². The highest BCUT2D eigenvalue weighted by Crippen LogP contribution is 2.01. The summed E-state index contributed by atoms with van der Waals surface area (Å²) in [5.41, 5.74) is 0. The predicted octanol–water partition coefficient (Wildman–Crippen LogP) is 0.0730. The summed E-state index contributed by atoms with van der Waals surface area (Å²) in [6.07, 6.45) is 0.859. The van der Waals surface area contributed by atoms with Crippen LogP contribution in [0.25, 0.3) is 0 Å². The second kappa shape index (κ2) is 7.06. The molecule has 0 rings (SSSR count). The van der Waals surface area contributed by atoms with Gasteiger partial charge in [0.15, 0.2) is 0 Å². The van der Waals surface area contributed by atoms with E-state index >= 15 is 0 Å². The van der Waals surface area contributed by atoms with E-state index < -0.39 is 12.1 Å². The van der Waals surface area contributed by atoms with Crippen molar-refractivity contribution in [2.75, 3.05) is 13.2 Å². The van der Waals surface area contributed by atoms with Crippen LogP contribution in [0.1, 0.15) is 26.2 Å². The molecule has 0 aliphatic carbocycles. The van der Waals surface area contributed by atoms with Crippen molar-refractivity contribution in [1.82, 2.24) is 0 Å². The van der Waals surface area contributed by atoms with Crippen molar-refractivity contribution in [3.8, 4) is 0 Å². The minimum absolute atomic E-state index is 0.0116. The molecule has 4 heteroatoms. The lowest BCUT2D eigenvalue weighted by Crippen LogP contribution is -2.16. The minimum Gasteiger partial charge on any atom is -0.463 e. The van der Waals surface area contributed by atoms with E-state index in [2.05, 4.69) is 4.74 Å². The van der Waals surface area contributed by atoms with E-state index in [4.69, 9.17) is 10.2 Å². The molecule has 0 aliphatic rings. The van der Waals surface area contributed by atoms with E-state index in [1.807, 2.05) is 6.92 Å². The third kappa shape index (κ3) is 6.12. The van der Waals surface area contributed by atoms with Gasteiger partial charge in [0, 0.05) is 0 Å². The second-order valence-electron chi connectivity index (χ2n) is 2.59. The van der Waals surface area contributed by atoms with E-state index in [-0.39, 0.29) is 19.6 Å². The van der Waals surface area contributed by atoms with Crippen LogP contribution in [0.15, 0.2) is 0 Å². The van der Waals surface area contributed by atoms with E-state index in [1.54, 1.807) is 0 Å². The smallest absolute Gasteiger partial charge is 0.308 e. The zero-order chi connectivity index (χ0) is 9.40. The Morgan fingerprint density at radius 2 is 2.25 bits per heavy atom. The fraction of sp³-hybridized carbons (Fsp3) is 0.875. The number of ether oxygens (including phenoxy) is 1. The first-order chi connectivity index (χ1) is 5.70. The van der Waals surface area contributed by atoms with Crippen molar-refractivity contribution in [2.24, 2.45) is 0 Å². The molecule has 0 aromatic heterocycles. The van der Waals surface area contributed by atoms with Gasteiger partial charge in [-0.05, 0) is 6.42 Å². The van der Waals surface area contributed by atoms with Crippen molar-refractivity contribution in [2.45, 2.75) is 32.3 Å². The fourth-order valence-electron chi connectivity index (χ4n) is 0.846. The van der Waals surface area contributed by atoms with E-state index in [0.29, 0.717) is 6.42 Å². The van der Waals surface area contributed by atoms with Crippen LogP contribution in [0, 0.1) is 0 Å². The first-order valence-electron chi connectivity index (χ1n) is 4.15. The van der Waals surface area contributed by atoms with Crippen molar-refractivity contribution in [3.05, 3.63) is 0 Å². The third-order valence-corrected chi connectivity index (χ3v) is 1.38. The summed E-state index contributed by atoms with van der Waals surface area (Å²) in [6.45, 7) is 1.77. The maximum Gasteiger partial charge on any atom is 0.308 e. The number of hydrogen-bond donors (Lipinski definition) is 2. The number of aliphatic hydroxyl groups excluding tert-OH is 2. The Morgan fingerprint density at radius 3 is 2.75 bits per heavy atom. The Kier molecular flexibility index (Phi) is 6.70. The molecule has 0 aliphatic heterocycles. The van der Waals surface area contributed by atoms with Crippen LogP contribution in [0.4, 0.5) is 0 Å². The molecule has 0 fully saturated rings. The van der Waals surface area contributed by atoms with Gasteiger partial charge in [0.1, 0.15) is 6.61 Å². The molecule has 0 amide bonds. The van der Waals surface area contributed by atoms with Crippen LogP contribution in [-0.4, -0.2) is 35.5 Å². The lowest BCUT2D eigenvalue weighted by Gasteiger charge is -2.07. The van der Waals surface area contributed by atoms with Crippen molar-refractivity contribution >= 4 is 5.97 Å². The van der Waals surface area contributed by atoms with Crippen molar-refractivity contribution < 1.29 is 19.7 Å². The summed E-state index contributed by atoms with van der Waals surface area (Å²) in [5.74, 6) is -0.454. The molecule has 4 nitrogen and oxygen atoms in total. The van der Waals surface area contributed by atoms with Gasteiger partial charge >= 0.3 is 5.97 Å². The number of aliphatic hydroxyl groups is 2. The average molecular weight is 176 g/mol. The highest BCUT2D eigenvalue weighted by Gasteiger charge is 2.10. The van der Waals surface area contributed by atoms with Gasteiger partial charge in [0.05, 0.1) is 19.1 Å². The van der Waals surface area contributed by atoms with E-state index in [1.165, 1.54) is 0 Å². The van der Waals surface area contributed by atoms with Gasteiger partial charge in [-0.15, -0.1) is 0 Å². The number of carbonyl (C=O) groups excluding carboxylic acids is 1. The van der Waals surface area contributed by atoms with Gasteiger partial charge in [-0.3, -0.25) is 4.79 Å². The Morgan fingerprint density at radius 1 is 1.58 bits per heavy atom. The molecule has 0 aromatic rings. The van der Waals surface area contributed by atoms with E-state index in [0.717, 1.165) is 6.42 Å². The van der Waals surface area contributed by atoms with Gasteiger partial charge in [0.25, 0.3) is 0 Å². The van der Waals surface area contributed by atoms with Gasteiger partial charge in [-0.1, -0.05) is 13.3 Å². The molecule has 2 N–H and O–H groups in total. The molecule has 0 heterocycles. The summed E-state index contributed by atoms with van der Waals surface area (Å²) in [5, 5.41) is 17.5. The molecule has 1 atom stereocenters. The molecule has 72 valence electrons. The minimum atomic E-state index is -0.610. The lowest BCUT2D eigenvalue weighted by atomic mass is 10.1. The van der Waals surface area contributed by atoms with Crippen molar-refractivity contribution in [1.29, 1.82) is 0 Å². The predicted molar refractivity (Wildman–Crippen MR) is 43.6 cm³/mol. The second-order valence-corrected chi connectivity index (χ2v) is 2.59. The SMILES string of the molecule is CCCC(O)CC(=O)OCCO. The standard InChI is InChI=1S/C8H16O4/c1-2-3-7(10)6-8(11)12-5-4-9/h7,9-10H,2-6H2,1H3. The molecule has 1 unspecified atom stereocenters. The highest BCUT2D eigenvalue weighted by molar-refractivity contribution is 5.69. The van der Waals surface area contributed by atoms with Crippen LogP contribution < -0.4 is 0 Å². The topological polar surface area (TPSA) is 66.8 Å². The number of rotatable bonds is 6. The summed E-state index contributed by atoms with van der Waals surface area (Å²) in [4.78, 5) is 10.8. The van der Waals surface area contributed by atoms with Crippen LogP contribution in [0.3, 0.4) is 0 Å². The summed E-state index contributed by atoms with van der Waals surface area (Å²) >= 11 is 0. The maximum atomic E-state index is 10.8. The molecule has 0 bridgehead atoms. The van der Waals surface area contributed by atoms with Gasteiger partial charge < -0.3 is 14.9 Å². The number of esters is 1. The normalized spacial score (nSPS) is 12.6. The molecule has 0 aromatic carbocycles. The lowest BCUT2D eigenvalue weighted by molar-refractivity contribution is -0.146. The monoisotopic (exact) mass is 176 g/mol. The zero-order valence-corrected chi connectivity index (χ0v) is 7.32. The number of carbonyl (C=O) groups is 1. The average Bonchev–Trinajstić information content (AvgIpc) is 2.01. The molecule has 0 radical (unpaired) electrons. The Hall–Kier alpha value is -0.610. The number of hydrogen-bond acceptors (Lipinski definition) is 4. The maximum absolute atomic E-state index is 10.8. The van der Waals surface area contributed by atoms with Crippen LogP contribution in [-0.2, 0) is 9.53 Å². The van der Waals surface area contributed by atoms with Crippen LogP contribution in [0.5, 0.6) is 0 Å². The zero-order valence-electron chi connectivity index (χ0n) is 7.32. The van der Waals surface area contributed by atoms with Crippen molar-refractivity contribution in [3.63, 3.8) is 0 Å². The third-order valence-electron chi connectivity index (χ3n) is 1.38. The van der Waals surface area contributed by atoms with Gasteiger partial charge in [0.2, 0.25) is 0 Å². The summed E-state index contributed by atoms with van der Waals surface area (Å²) in [7, 11) is 0. The highest BCUT2D eigenvalue weighted by atomic mass is 16.5. The molecule has 0 saturated carbocycles. The first kappa shape index (κ1) is 11.4. The Balaban J connectivity index is 3.40. The van der Waals surface area contributed by atoms with Gasteiger partial charge in [-0.2, -0.15) is 0 Å². The quantitative estimate of drug-likeness (QED) is 0.562. The molecule has 0 saturated heterocycles. The molecule has 12 heavy (non-hydrogen) atoms. The largest absolute Gasteiger partial charge is 0.463 e. The fourth-order valence-corrected chi connectivity index (χ4v) is 0.846. The van der Waals surface area contributed by atoms with E-state index in [9.17, 15) is 4.79 Å². The molecular weight excluding hydrogens is 160 g/mol. The summed E-state index contributed by atoms with van der Waals surface area (Å²) in [6, 6.07) is 0. The molecule has 0 spiro atoms. The Labute approximate surface area is 72.2 Å².